The van der Waals surface area contributed by atoms with Gasteiger partial charge < -0.3 is 10.1 Å². The van der Waals surface area contributed by atoms with Crippen molar-refractivity contribution in [2.45, 2.75) is 76.9 Å². The zero-order chi connectivity index (χ0) is 28.4. The Morgan fingerprint density at radius 3 is 2.60 bits per heavy atom. The first kappa shape index (κ1) is 27.1. The summed E-state index contributed by atoms with van der Waals surface area (Å²) in [6.45, 7) is 8.14. The highest BCUT2D eigenvalue weighted by Gasteiger charge is 2.43. The summed E-state index contributed by atoms with van der Waals surface area (Å²) in [6, 6.07) is 12.4. The Kier molecular flexibility index (Phi) is 6.62. The van der Waals surface area contributed by atoms with Crippen LogP contribution in [0, 0.1) is 12.7 Å². The van der Waals surface area contributed by atoms with Gasteiger partial charge in [0.15, 0.2) is 0 Å². The summed E-state index contributed by atoms with van der Waals surface area (Å²) in [6.07, 6.45) is 6.60. The van der Waals surface area contributed by atoms with E-state index in [0.29, 0.717) is 16.8 Å². The van der Waals surface area contributed by atoms with Gasteiger partial charge in [0.2, 0.25) is 0 Å². The largest absolute Gasteiger partial charge is 0.487 e. The number of aromatic nitrogens is 2. The fraction of sp³-hybridized carbons (Fsp3) is 0.375. The van der Waals surface area contributed by atoms with E-state index in [1.54, 1.807) is 10.7 Å². The predicted molar refractivity (Wildman–Crippen MR) is 157 cm³/mol. The molecule has 1 fully saturated rings. The molecule has 2 aliphatic rings. The number of fused-ring (bicyclic) bond motifs is 2. The lowest BCUT2D eigenvalue weighted by Crippen LogP contribution is -2.43. The van der Waals surface area contributed by atoms with Gasteiger partial charge >= 0.3 is 0 Å². The fourth-order valence-electron chi connectivity index (χ4n) is 6.56. The molecule has 0 radical (unpaired) electrons. The van der Waals surface area contributed by atoms with Gasteiger partial charge in [-0.3, -0.25) is 4.79 Å². The lowest BCUT2D eigenvalue weighted by molar-refractivity contribution is 0.0360. The molecule has 6 rings (SSSR count). The number of nitrogens with zero attached hydrogens (tertiary/aromatic N) is 2. The second-order valence-electron chi connectivity index (χ2n) is 12.2. The van der Waals surface area contributed by atoms with E-state index in [1.165, 1.54) is 12.1 Å². The van der Waals surface area contributed by atoms with Crippen LogP contribution in [0.1, 0.15) is 86.0 Å². The topological polar surface area (TPSA) is 55.6 Å². The number of hydrogen-bond donors (Lipinski definition) is 1. The summed E-state index contributed by atoms with van der Waals surface area (Å²) >= 11 is 12.7. The van der Waals surface area contributed by atoms with Gasteiger partial charge in [0.25, 0.3) is 5.91 Å². The summed E-state index contributed by atoms with van der Waals surface area (Å²) in [5.41, 5.74) is 4.43. The van der Waals surface area contributed by atoms with Crippen LogP contribution in [0.4, 0.5) is 4.39 Å². The SMILES string of the molecule is Cc1cc2c(C(C)(C)C)c(C(=O)N[C@H]3CC4(CCCC4)Oc4ccccc43)cnn2c1-c1cc(F)cc(Cl)c1Cl. The van der Waals surface area contributed by atoms with Gasteiger partial charge in [0.1, 0.15) is 17.2 Å². The standard InChI is InChI=1S/C32H32Cl2FN3O2/c1-18-13-25-27(31(2,3)4)22(17-36-38(25)29(18)21-14-19(35)15-23(33)28(21)34)30(39)37-24-16-32(11-7-8-12-32)40-26-10-6-5-9-20(24)26/h5-6,9-10,13-15,17,24H,7-8,11-12,16H2,1-4H3,(H,37,39)/t24-/m0/s1. The number of para-hydroxylation sites is 1. The molecule has 1 amide bonds. The third kappa shape index (κ3) is 4.55. The number of nitrogens with one attached hydrogen (secondary N) is 1. The second-order valence-corrected chi connectivity index (χ2v) is 13.0. The van der Waals surface area contributed by atoms with Crippen LogP contribution in [0.5, 0.6) is 5.75 Å². The monoisotopic (exact) mass is 579 g/mol. The molecule has 1 saturated carbocycles. The van der Waals surface area contributed by atoms with Gasteiger partial charge in [-0.1, -0.05) is 62.2 Å². The van der Waals surface area contributed by atoms with Crippen molar-refractivity contribution in [3.8, 4) is 17.0 Å². The van der Waals surface area contributed by atoms with E-state index in [1.807, 2.05) is 37.3 Å². The smallest absolute Gasteiger partial charge is 0.253 e. The molecule has 1 N–H and O–H groups in total. The Morgan fingerprint density at radius 2 is 1.88 bits per heavy atom. The predicted octanol–water partition coefficient (Wildman–Crippen LogP) is 8.62. The summed E-state index contributed by atoms with van der Waals surface area (Å²) in [4.78, 5) is 14.1. The van der Waals surface area contributed by atoms with Crippen LogP contribution >= 0.6 is 23.2 Å². The molecule has 1 spiro atoms. The van der Waals surface area contributed by atoms with Crippen molar-refractivity contribution in [2.75, 3.05) is 0 Å². The molecular formula is C32H32Cl2FN3O2. The lowest BCUT2D eigenvalue weighted by atomic mass is 9.83. The zero-order valence-electron chi connectivity index (χ0n) is 23.1. The molecule has 5 nitrogen and oxygen atoms in total. The van der Waals surface area contributed by atoms with Crippen molar-refractivity contribution in [2.24, 2.45) is 0 Å². The van der Waals surface area contributed by atoms with E-state index in [-0.39, 0.29) is 27.6 Å². The van der Waals surface area contributed by atoms with Gasteiger partial charge in [0.05, 0.1) is 39.1 Å². The molecule has 2 aromatic heterocycles. The average molecular weight is 581 g/mol. The van der Waals surface area contributed by atoms with Crippen LogP contribution < -0.4 is 10.1 Å². The maximum atomic E-state index is 14.4. The van der Waals surface area contributed by atoms with E-state index in [9.17, 15) is 9.18 Å². The summed E-state index contributed by atoms with van der Waals surface area (Å²) in [5, 5.41) is 8.42. The third-order valence-corrected chi connectivity index (χ3v) is 9.06. The molecular weight excluding hydrogens is 548 g/mol. The van der Waals surface area contributed by atoms with Gasteiger partial charge in [-0.25, -0.2) is 8.91 Å². The Morgan fingerprint density at radius 1 is 1.15 bits per heavy atom. The van der Waals surface area contributed by atoms with Crippen LogP contribution in [-0.2, 0) is 5.41 Å². The highest BCUT2D eigenvalue weighted by molar-refractivity contribution is 6.43. The lowest BCUT2D eigenvalue weighted by Gasteiger charge is -2.40. The Labute approximate surface area is 243 Å². The van der Waals surface area contributed by atoms with Crippen LogP contribution in [0.3, 0.4) is 0 Å². The van der Waals surface area contributed by atoms with Crippen molar-refractivity contribution >= 4 is 34.6 Å². The highest BCUT2D eigenvalue weighted by atomic mass is 35.5. The Balaban J connectivity index is 1.45. The molecule has 1 aliphatic carbocycles. The number of benzene rings is 2. The number of carbonyl (C=O) groups excluding carboxylic acids is 1. The Bertz CT molecular complexity index is 1650. The van der Waals surface area contributed by atoms with E-state index < -0.39 is 11.2 Å². The number of halogens is 3. The van der Waals surface area contributed by atoms with Crippen molar-refractivity contribution in [3.63, 3.8) is 0 Å². The number of carbonyl (C=O) groups is 1. The molecule has 2 aromatic carbocycles. The van der Waals surface area contributed by atoms with Crippen LogP contribution in [-0.4, -0.2) is 21.1 Å². The highest BCUT2D eigenvalue weighted by Crippen LogP contribution is 2.47. The van der Waals surface area contributed by atoms with Crippen molar-refractivity contribution in [1.82, 2.24) is 14.9 Å². The quantitative estimate of drug-likeness (QED) is 0.247. The first-order valence-electron chi connectivity index (χ1n) is 13.7. The van der Waals surface area contributed by atoms with Crippen LogP contribution in [0.25, 0.3) is 16.8 Å². The van der Waals surface area contributed by atoms with Gasteiger partial charge in [-0.05, 0) is 73.4 Å². The molecule has 0 unspecified atom stereocenters. The van der Waals surface area contributed by atoms with E-state index >= 15 is 0 Å². The van der Waals surface area contributed by atoms with Crippen molar-refractivity contribution < 1.29 is 13.9 Å². The molecule has 8 heteroatoms. The minimum atomic E-state index is -0.484. The first-order chi connectivity index (χ1) is 19.0. The maximum Gasteiger partial charge on any atom is 0.253 e. The summed E-state index contributed by atoms with van der Waals surface area (Å²) in [7, 11) is 0. The normalized spacial score (nSPS) is 18.1. The molecule has 1 atom stereocenters. The molecule has 0 bridgehead atoms. The maximum absolute atomic E-state index is 14.4. The van der Waals surface area contributed by atoms with Crippen molar-refractivity contribution in [3.05, 3.63) is 86.8 Å². The van der Waals surface area contributed by atoms with E-state index in [4.69, 9.17) is 27.9 Å². The van der Waals surface area contributed by atoms with Gasteiger partial charge in [-0.15, -0.1) is 0 Å². The summed E-state index contributed by atoms with van der Waals surface area (Å²) < 4.78 is 22.6. The minimum Gasteiger partial charge on any atom is -0.487 e. The fourth-order valence-corrected chi connectivity index (χ4v) is 6.97. The number of ether oxygens (including phenoxy) is 1. The first-order valence-corrected chi connectivity index (χ1v) is 14.5. The molecule has 1 aliphatic heterocycles. The van der Waals surface area contributed by atoms with Crippen LogP contribution in [0.2, 0.25) is 10.0 Å². The summed E-state index contributed by atoms with van der Waals surface area (Å²) in [5.74, 6) is 0.188. The Hall–Kier alpha value is -3.09. The van der Waals surface area contributed by atoms with Crippen LogP contribution in [0.15, 0.2) is 48.7 Å². The third-order valence-electron chi connectivity index (χ3n) is 8.25. The molecule has 0 saturated heterocycles. The minimum absolute atomic E-state index is 0.134. The second kappa shape index (κ2) is 9.78. The van der Waals surface area contributed by atoms with Gasteiger partial charge in [-0.2, -0.15) is 5.10 Å². The zero-order valence-corrected chi connectivity index (χ0v) is 24.6. The van der Waals surface area contributed by atoms with Gasteiger partial charge in [0, 0.05) is 17.5 Å². The molecule has 40 heavy (non-hydrogen) atoms. The molecule has 3 heterocycles. The molecule has 208 valence electrons. The van der Waals surface area contributed by atoms with Crippen molar-refractivity contribution in [1.29, 1.82) is 0 Å². The number of rotatable bonds is 3. The number of hydrogen-bond acceptors (Lipinski definition) is 3. The molecule has 4 aromatic rings. The number of amides is 1. The average Bonchev–Trinajstić information content (AvgIpc) is 3.47. The van der Waals surface area contributed by atoms with E-state index in [2.05, 4.69) is 31.2 Å². The van der Waals surface area contributed by atoms with E-state index in [0.717, 1.165) is 60.1 Å². The number of aryl methyl sites for hydroxylation is 1.